The molecule has 1 aromatic rings. The van der Waals surface area contributed by atoms with Crippen LogP contribution in [0.5, 0.6) is 0 Å². The zero-order chi connectivity index (χ0) is 13.8. The fraction of sp³-hybridized carbons (Fsp3) is 0.800. The van der Waals surface area contributed by atoms with Gasteiger partial charge in [0, 0.05) is 26.7 Å². The number of aromatic nitrogens is 3. The van der Waals surface area contributed by atoms with Crippen LogP contribution in [0, 0.1) is 5.92 Å². The summed E-state index contributed by atoms with van der Waals surface area (Å²) in [4.78, 5) is 0. The summed E-state index contributed by atoms with van der Waals surface area (Å²) >= 11 is 0. The fourth-order valence-corrected chi connectivity index (χ4v) is 2.44. The van der Waals surface area contributed by atoms with E-state index in [4.69, 9.17) is 9.88 Å². The van der Waals surface area contributed by atoms with Crippen LogP contribution in [0.2, 0.25) is 0 Å². The standard InChI is InChI=1S/C10H20N4O3S/c1-4-5-14-9(6-8(2)7-17-3)12-13-10(14)18(11,15)16/h8H,4-7H2,1-3H3,(H2,11,15,16). The molecule has 1 heterocycles. The summed E-state index contributed by atoms with van der Waals surface area (Å²) < 4.78 is 29.4. The van der Waals surface area contributed by atoms with Gasteiger partial charge < -0.3 is 9.30 Å². The fourth-order valence-electron chi connectivity index (χ4n) is 1.78. The highest BCUT2D eigenvalue weighted by Crippen LogP contribution is 2.12. The van der Waals surface area contributed by atoms with Crippen molar-refractivity contribution in [3.8, 4) is 0 Å². The third kappa shape index (κ3) is 3.76. The van der Waals surface area contributed by atoms with Gasteiger partial charge in [-0.1, -0.05) is 13.8 Å². The summed E-state index contributed by atoms with van der Waals surface area (Å²) in [5, 5.41) is 12.6. The quantitative estimate of drug-likeness (QED) is 0.764. The van der Waals surface area contributed by atoms with Gasteiger partial charge in [0.05, 0.1) is 0 Å². The normalized spacial score (nSPS) is 13.8. The molecule has 0 radical (unpaired) electrons. The van der Waals surface area contributed by atoms with Crippen LogP contribution in [0.1, 0.15) is 26.1 Å². The molecule has 2 N–H and O–H groups in total. The van der Waals surface area contributed by atoms with Gasteiger partial charge in [-0.2, -0.15) is 0 Å². The van der Waals surface area contributed by atoms with E-state index in [9.17, 15) is 8.42 Å². The Balaban J connectivity index is 3.02. The summed E-state index contributed by atoms with van der Waals surface area (Å²) in [6.45, 7) is 5.08. The number of hydrogen-bond donors (Lipinski definition) is 1. The van der Waals surface area contributed by atoms with Crippen molar-refractivity contribution >= 4 is 10.0 Å². The molecule has 0 aliphatic rings. The van der Waals surface area contributed by atoms with Crippen molar-refractivity contribution in [2.24, 2.45) is 11.1 Å². The van der Waals surface area contributed by atoms with E-state index < -0.39 is 10.0 Å². The summed E-state index contributed by atoms with van der Waals surface area (Å²) in [7, 11) is -2.20. The monoisotopic (exact) mass is 276 g/mol. The molecule has 1 atom stereocenters. The van der Waals surface area contributed by atoms with E-state index in [-0.39, 0.29) is 11.1 Å². The van der Waals surface area contributed by atoms with Crippen LogP contribution in [0.4, 0.5) is 0 Å². The molecule has 1 rings (SSSR count). The third-order valence-electron chi connectivity index (χ3n) is 2.48. The van der Waals surface area contributed by atoms with Gasteiger partial charge in [-0.25, -0.2) is 13.6 Å². The molecule has 0 saturated heterocycles. The smallest absolute Gasteiger partial charge is 0.273 e. The Labute approximate surface area is 107 Å². The van der Waals surface area contributed by atoms with Gasteiger partial charge in [-0.15, -0.1) is 10.2 Å². The van der Waals surface area contributed by atoms with E-state index in [0.29, 0.717) is 25.4 Å². The molecule has 8 heteroatoms. The second-order valence-corrected chi connectivity index (χ2v) is 5.82. The number of sulfonamides is 1. The number of methoxy groups -OCH3 is 1. The molecule has 0 aliphatic heterocycles. The van der Waals surface area contributed by atoms with E-state index in [1.807, 2.05) is 13.8 Å². The molecule has 1 aromatic heterocycles. The lowest BCUT2D eigenvalue weighted by Gasteiger charge is -2.11. The molecule has 0 aliphatic carbocycles. The van der Waals surface area contributed by atoms with E-state index in [1.165, 1.54) is 0 Å². The van der Waals surface area contributed by atoms with E-state index in [0.717, 1.165) is 6.42 Å². The van der Waals surface area contributed by atoms with Gasteiger partial charge in [0.1, 0.15) is 5.82 Å². The molecule has 0 spiro atoms. The van der Waals surface area contributed by atoms with E-state index in [1.54, 1.807) is 11.7 Å². The summed E-state index contributed by atoms with van der Waals surface area (Å²) in [5.41, 5.74) is 0. The lowest BCUT2D eigenvalue weighted by atomic mass is 10.1. The van der Waals surface area contributed by atoms with Crippen LogP contribution in [0.15, 0.2) is 5.16 Å². The first kappa shape index (κ1) is 15.1. The SMILES string of the molecule is CCCn1c(CC(C)COC)nnc1S(N)(=O)=O. The average Bonchev–Trinajstić information content (AvgIpc) is 2.62. The van der Waals surface area contributed by atoms with Crippen molar-refractivity contribution < 1.29 is 13.2 Å². The van der Waals surface area contributed by atoms with Crippen LogP contribution in [-0.2, 0) is 27.7 Å². The summed E-state index contributed by atoms with van der Waals surface area (Å²) in [6, 6.07) is 0. The van der Waals surface area contributed by atoms with Gasteiger partial charge in [0.25, 0.3) is 15.2 Å². The van der Waals surface area contributed by atoms with Crippen LogP contribution in [-0.4, -0.2) is 36.9 Å². The molecule has 0 saturated carbocycles. The number of nitrogens with zero attached hydrogens (tertiary/aromatic N) is 3. The molecule has 18 heavy (non-hydrogen) atoms. The lowest BCUT2D eigenvalue weighted by molar-refractivity contribution is 0.158. The molecule has 7 nitrogen and oxygen atoms in total. The minimum Gasteiger partial charge on any atom is -0.384 e. The third-order valence-corrected chi connectivity index (χ3v) is 3.29. The molecule has 104 valence electrons. The second kappa shape index (κ2) is 6.26. The maximum Gasteiger partial charge on any atom is 0.273 e. The first-order chi connectivity index (χ1) is 8.40. The molecule has 0 bridgehead atoms. The Kier molecular flexibility index (Phi) is 5.24. The van der Waals surface area contributed by atoms with Crippen molar-refractivity contribution in [1.82, 2.24) is 14.8 Å². The lowest BCUT2D eigenvalue weighted by Crippen LogP contribution is -2.20. The minimum absolute atomic E-state index is 0.163. The highest BCUT2D eigenvalue weighted by Gasteiger charge is 2.21. The number of ether oxygens (including phenoxy) is 1. The highest BCUT2D eigenvalue weighted by molar-refractivity contribution is 7.89. The summed E-state index contributed by atoms with van der Waals surface area (Å²) in [6.07, 6.45) is 1.39. The maximum absolute atomic E-state index is 11.4. The van der Waals surface area contributed by atoms with Crippen molar-refractivity contribution in [2.45, 2.75) is 38.4 Å². The van der Waals surface area contributed by atoms with Crippen molar-refractivity contribution in [2.75, 3.05) is 13.7 Å². The molecule has 0 fully saturated rings. The highest BCUT2D eigenvalue weighted by atomic mass is 32.2. The van der Waals surface area contributed by atoms with E-state index in [2.05, 4.69) is 10.2 Å². The molecular formula is C10H20N4O3S. The second-order valence-electron chi connectivity index (χ2n) is 4.36. The number of primary sulfonamides is 1. The predicted octanol–water partition coefficient (Wildman–Crippen LogP) is 0.161. The van der Waals surface area contributed by atoms with Crippen LogP contribution in [0.3, 0.4) is 0 Å². The number of rotatable bonds is 7. The zero-order valence-electron chi connectivity index (χ0n) is 11.0. The Morgan fingerprint density at radius 2 is 2.11 bits per heavy atom. The van der Waals surface area contributed by atoms with Crippen molar-refractivity contribution in [3.05, 3.63) is 5.82 Å². The van der Waals surface area contributed by atoms with Crippen molar-refractivity contribution in [3.63, 3.8) is 0 Å². The van der Waals surface area contributed by atoms with Gasteiger partial charge >= 0.3 is 0 Å². The summed E-state index contributed by atoms with van der Waals surface area (Å²) in [5.74, 6) is 0.869. The van der Waals surface area contributed by atoms with Crippen LogP contribution >= 0.6 is 0 Å². The molecule has 1 unspecified atom stereocenters. The Morgan fingerprint density at radius 3 is 2.61 bits per heavy atom. The van der Waals surface area contributed by atoms with Gasteiger partial charge in [0.2, 0.25) is 0 Å². The van der Waals surface area contributed by atoms with Crippen molar-refractivity contribution in [1.29, 1.82) is 0 Å². The van der Waals surface area contributed by atoms with Gasteiger partial charge in [0.15, 0.2) is 0 Å². The van der Waals surface area contributed by atoms with Gasteiger partial charge in [-0.3, -0.25) is 0 Å². The van der Waals surface area contributed by atoms with Crippen LogP contribution < -0.4 is 5.14 Å². The Bertz CT molecular complexity index is 483. The number of nitrogens with two attached hydrogens (primary N) is 1. The average molecular weight is 276 g/mol. The Hall–Kier alpha value is -0.990. The predicted molar refractivity (Wildman–Crippen MR) is 66.4 cm³/mol. The Morgan fingerprint density at radius 1 is 1.44 bits per heavy atom. The van der Waals surface area contributed by atoms with Crippen LogP contribution in [0.25, 0.3) is 0 Å². The van der Waals surface area contributed by atoms with Gasteiger partial charge in [-0.05, 0) is 12.3 Å². The topological polar surface area (TPSA) is 100 Å². The van der Waals surface area contributed by atoms with E-state index >= 15 is 0 Å². The maximum atomic E-state index is 11.4. The number of hydrogen-bond acceptors (Lipinski definition) is 5. The first-order valence-electron chi connectivity index (χ1n) is 5.84. The molecule has 0 aromatic carbocycles. The minimum atomic E-state index is -3.82. The zero-order valence-corrected chi connectivity index (χ0v) is 11.8. The first-order valence-corrected chi connectivity index (χ1v) is 7.38. The molecule has 0 amide bonds. The molecular weight excluding hydrogens is 256 g/mol. The largest absolute Gasteiger partial charge is 0.384 e.